The van der Waals surface area contributed by atoms with Crippen molar-refractivity contribution in [3.63, 3.8) is 0 Å². The molecule has 1 saturated heterocycles. The fourth-order valence-corrected chi connectivity index (χ4v) is 3.08. The van der Waals surface area contributed by atoms with Crippen LogP contribution in [0, 0.1) is 11.8 Å². The second kappa shape index (κ2) is 6.34. The quantitative estimate of drug-likeness (QED) is 0.704. The summed E-state index contributed by atoms with van der Waals surface area (Å²) >= 11 is 2.05. The molecule has 0 spiro atoms. The fourth-order valence-electron chi connectivity index (χ4n) is 1.77. The van der Waals surface area contributed by atoms with Crippen LogP contribution in [0.2, 0.25) is 0 Å². The van der Waals surface area contributed by atoms with E-state index in [1.54, 1.807) is 0 Å². The molecular weight excluding hydrogens is 192 g/mol. The molecule has 0 saturated carbocycles. The van der Waals surface area contributed by atoms with E-state index in [2.05, 4.69) is 40.9 Å². The SMILES string of the molecule is CC#CCC(NC)C1CSCCN1C. The average Bonchev–Trinajstić information content (AvgIpc) is 2.21. The third kappa shape index (κ3) is 3.20. The molecule has 0 aromatic carbocycles. The normalized spacial score (nSPS) is 25.2. The van der Waals surface area contributed by atoms with Crippen molar-refractivity contribution >= 4 is 11.8 Å². The van der Waals surface area contributed by atoms with Gasteiger partial charge in [-0.1, -0.05) is 0 Å². The molecule has 1 heterocycles. The van der Waals surface area contributed by atoms with Crippen LogP contribution in [0.25, 0.3) is 0 Å². The van der Waals surface area contributed by atoms with Gasteiger partial charge < -0.3 is 10.2 Å². The van der Waals surface area contributed by atoms with E-state index in [9.17, 15) is 0 Å². The first-order valence-electron chi connectivity index (χ1n) is 5.14. The van der Waals surface area contributed by atoms with Gasteiger partial charge in [0, 0.05) is 36.6 Å². The molecule has 3 heteroatoms. The fraction of sp³-hybridized carbons (Fsp3) is 0.818. The van der Waals surface area contributed by atoms with Gasteiger partial charge in [0.1, 0.15) is 0 Å². The molecule has 1 fully saturated rings. The Morgan fingerprint density at radius 1 is 1.64 bits per heavy atom. The Hall–Kier alpha value is -0.170. The maximum absolute atomic E-state index is 3.38. The van der Waals surface area contributed by atoms with Gasteiger partial charge in [-0.25, -0.2) is 0 Å². The van der Waals surface area contributed by atoms with Gasteiger partial charge in [-0.05, 0) is 21.0 Å². The Morgan fingerprint density at radius 3 is 3.00 bits per heavy atom. The van der Waals surface area contributed by atoms with Crippen LogP contribution in [0.3, 0.4) is 0 Å². The Labute approximate surface area is 91.8 Å². The monoisotopic (exact) mass is 212 g/mol. The largest absolute Gasteiger partial charge is 0.315 e. The minimum Gasteiger partial charge on any atom is -0.315 e. The number of nitrogens with one attached hydrogen (secondary N) is 1. The summed E-state index contributed by atoms with van der Waals surface area (Å²) in [5.41, 5.74) is 0. The smallest absolute Gasteiger partial charge is 0.0346 e. The van der Waals surface area contributed by atoms with E-state index in [-0.39, 0.29) is 0 Å². The molecule has 1 N–H and O–H groups in total. The molecule has 2 unspecified atom stereocenters. The van der Waals surface area contributed by atoms with Gasteiger partial charge in [-0.3, -0.25) is 0 Å². The molecule has 0 aliphatic carbocycles. The van der Waals surface area contributed by atoms with Crippen molar-refractivity contribution in [3.8, 4) is 11.8 Å². The molecule has 0 aromatic rings. The lowest BCUT2D eigenvalue weighted by Crippen LogP contribution is -2.51. The number of hydrogen-bond acceptors (Lipinski definition) is 3. The number of thioether (sulfide) groups is 1. The van der Waals surface area contributed by atoms with Crippen molar-refractivity contribution in [1.82, 2.24) is 10.2 Å². The third-order valence-electron chi connectivity index (χ3n) is 2.78. The standard InChI is InChI=1S/C11H20N2S/c1-4-5-6-10(12-2)11-9-14-8-7-13(11)3/h10-12H,6-9H2,1-3H3. The minimum absolute atomic E-state index is 0.514. The predicted molar refractivity (Wildman–Crippen MR) is 64.7 cm³/mol. The van der Waals surface area contributed by atoms with Crippen LogP contribution in [0.15, 0.2) is 0 Å². The third-order valence-corrected chi connectivity index (χ3v) is 3.83. The second-order valence-electron chi connectivity index (χ2n) is 3.65. The lowest BCUT2D eigenvalue weighted by atomic mass is 10.1. The maximum atomic E-state index is 3.38. The summed E-state index contributed by atoms with van der Waals surface area (Å²) in [4.78, 5) is 2.45. The van der Waals surface area contributed by atoms with Crippen LogP contribution in [0.5, 0.6) is 0 Å². The average molecular weight is 212 g/mol. The maximum Gasteiger partial charge on any atom is 0.0346 e. The van der Waals surface area contributed by atoms with E-state index in [1.807, 2.05) is 14.0 Å². The molecule has 0 amide bonds. The van der Waals surface area contributed by atoms with Crippen molar-refractivity contribution in [2.75, 3.05) is 32.1 Å². The molecule has 0 radical (unpaired) electrons. The van der Waals surface area contributed by atoms with Crippen LogP contribution in [-0.2, 0) is 0 Å². The predicted octanol–water partition coefficient (Wildman–Crippen LogP) is 1.03. The molecule has 14 heavy (non-hydrogen) atoms. The number of hydrogen-bond donors (Lipinski definition) is 1. The summed E-state index contributed by atoms with van der Waals surface area (Å²) in [5.74, 6) is 8.64. The molecular formula is C11H20N2S. The Balaban J connectivity index is 2.51. The van der Waals surface area contributed by atoms with E-state index in [0.29, 0.717) is 12.1 Å². The molecule has 1 rings (SSSR count). The summed E-state index contributed by atoms with van der Waals surface area (Å²) in [7, 11) is 4.25. The van der Waals surface area contributed by atoms with Crippen LogP contribution in [0.1, 0.15) is 13.3 Å². The molecule has 1 aliphatic heterocycles. The lowest BCUT2D eigenvalue weighted by Gasteiger charge is -2.37. The van der Waals surface area contributed by atoms with Gasteiger partial charge in [0.15, 0.2) is 0 Å². The second-order valence-corrected chi connectivity index (χ2v) is 4.80. The zero-order valence-corrected chi connectivity index (χ0v) is 10.2. The van der Waals surface area contributed by atoms with Crippen LogP contribution in [0.4, 0.5) is 0 Å². The summed E-state index contributed by atoms with van der Waals surface area (Å²) in [6.45, 7) is 3.11. The van der Waals surface area contributed by atoms with Gasteiger partial charge in [-0.15, -0.1) is 11.8 Å². The van der Waals surface area contributed by atoms with Crippen molar-refractivity contribution in [2.45, 2.75) is 25.4 Å². The topological polar surface area (TPSA) is 15.3 Å². The Kier molecular flexibility index (Phi) is 5.39. The van der Waals surface area contributed by atoms with Crippen molar-refractivity contribution in [1.29, 1.82) is 0 Å². The van der Waals surface area contributed by atoms with Crippen molar-refractivity contribution in [3.05, 3.63) is 0 Å². The first-order valence-corrected chi connectivity index (χ1v) is 6.30. The van der Waals surface area contributed by atoms with Gasteiger partial charge in [0.25, 0.3) is 0 Å². The zero-order valence-electron chi connectivity index (χ0n) is 9.34. The van der Waals surface area contributed by atoms with E-state index < -0.39 is 0 Å². The van der Waals surface area contributed by atoms with Gasteiger partial charge >= 0.3 is 0 Å². The highest BCUT2D eigenvalue weighted by atomic mass is 32.2. The highest BCUT2D eigenvalue weighted by Crippen LogP contribution is 2.18. The van der Waals surface area contributed by atoms with Crippen molar-refractivity contribution in [2.24, 2.45) is 0 Å². The van der Waals surface area contributed by atoms with Crippen LogP contribution >= 0.6 is 11.8 Å². The summed E-state index contributed by atoms with van der Waals surface area (Å²) in [6.07, 6.45) is 0.961. The first kappa shape index (κ1) is 11.9. The lowest BCUT2D eigenvalue weighted by molar-refractivity contribution is 0.221. The molecule has 2 atom stereocenters. The minimum atomic E-state index is 0.514. The summed E-state index contributed by atoms with van der Waals surface area (Å²) in [6, 6.07) is 1.15. The summed E-state index contributed by atoms with van der Waals surface area (Å²) in [5, 5.41) is 3.38. The number of rotatable bonds is 3. The van der Waals surface area contributed by atoms with Crippen LogP contribution in [-0.4, -0.2) is 49.1 Å². The van der Waals surface area contributed by atoms with E-state index >= 15 is 0 Å². The molecule has 0 bridgehead atoms. The van der Waals surface area contributed by atoms with Gasteiger partial charge in [0.2, 0.25) is 0 Å². The zero-order chi connectivity index (χ0) is 10.4. The highest BCUT2D eigenvalue weighted by Gasteiger charge is 2.26. The summed E-state index contributed by atoms with van der Waals surface area (Å²) < 4.78 is 0. The van der Waals surface area contributed by atoms with E-state index in [1.165, 1.54) is 18.1 Å². The molecule has 0 aromatic heterocycles. The van der Waals surface area contributed by atoms with E-state index in [0.717, 1.165) is 6.42 Å². The van der Waals surface area contributed by atoms with Gasteiger partial charge in [-0.2, -0.15) is 11.8 Å². The Morgan fingerprint density at radius 2 is 2.43 bits per heavy atom. The highest BCUT2D eigenvalue weighted by molar-refractivity contribution is 7.99. The number of likely N-dealkylation sites (N-methyl/N-ethyl adjacent to an activating group) is 2. The first-order chi connectivity index (χ1) is 6.79. The van der Waals surface area contributed by atoms with E-state index in [4.69, 9.17) is 0 Å². The van der Waals surface area contributed by atoms with Gasteiger partial charge in [0.05, 0.1) is 0 Å². The van der Waals surface area contributed by atoms with Crippen LogP contribution < -0.4 is 5.32 Å². The van der Waals surface area contributed by atoms with Crippen molar-refractivity contribution < 1.29 is 0 Å². The molecule has 1 aliphatic rings. The number of nitrogens with zero attached hydrogens (tertiary/aromatic N) is 1. The molecule has 80 valence electrons. The molecule has 2 nitrogen and oxygen atoms in total. The Bertz CT molecular complexity index is 219.